The molecule has 24 heavy (non-hydrogen) atoms. The molecule has 1 amide bonds. The first-order chi connectivity index (χ1) is 11.3. The Hall–Kier alpha value is -2.98. The van der Waals surface area contributed by atoms with Gasteiger partial charge in [0.2, 0.25) is 10.0 Å². The van der Waals surface area contributed by atoms with E-state index < -0.39 is 21.5 Å². The van der Waals surface area contributed by atoms with Crippen LogP contribution in [-0.2, 0) is 15.8 Å². The Balaban J connectivity index is 1.90. The smallest absolute Gasteiger partial charge is 0.261 e. The van der Waals surface area contributed by atoms with Gasteiger partial charge in [0.15, 0.2) is 0 Å². The van der Waals surface area contributed by atoms with Crippen LogP contribution in [0.2, 0.25) is 0 Å². The van der Waals surface area contributed by atoms with Gasteiger partial charge >= 0.3 is 0 Å². The topological polar surface area (TPSA) is 151 Å². The van der Waals surface area contributed by atoms with E-state index in [4.69, 9.17) is 5.14 Å². The van der Waals surface area contributed by atoms with Crippen LogP contribution in [-0.4, -0.2) is 29.3 Å². The van der Waals surface area contributed by atoms with Crippen LogP contribution in [0.25, 0.3) is 11.0 Å². The molecule has 10 heteroatoms. The lowest BCUT2D eigenvalue weighted by Gasteiger charge is -2.06. The normalized spacial score (nSPS) is 11.5. The first kappa shape index (κ1) is 15.9. The van der Waals surface area contributed by atoms with Crippen molar-refractivity contribution in [2.75, 3.05) is 5.32 Å². The molecule has 0 bridgehead atoms. The molecule has 0 aliphatic heterocycles. The van der Waals surface area contributed by atoms with Crippen LogP contribution >= 0.6 is 0 Å². The summed E-state index contributed by atoms with van der Waals surface area (Å²) < 4.78 is 22.3. The molecule has 1 aromatic carbocycles. The number of carbonyl (C=O) groups is 1. The van der Waals surface area contributed by atoms with Crippen LogP contribution in [0.3, 0.4) is 0 Å². The van der Waals surface area contributed by atoms with Gasteiger partial charge in [-0.15, -0.1) is 0 Å². The molecule has 0 fully saturated rings. The number of H-pyrrole nitrogens is 2. The van der Waals surface area contributed by atoms with Crippen LogP contribution < -0.4 is 16.0 Å². The fraction of sp³-hybridized carbons (Fsp3) is 0.0714. The van der Waals surface area contributed by atoms with E-state index in [2.05, 4.69) is 20.3 Å². The number of amides is 1. The first-order valence-electron chi connectivity index (χ1n) is 6.79. The minimum Gasteiger partial charge on any atom is -0.345 e. The monoisotopic (exact) mass is 347 g/mol. The molecule has 3 aromatic rings. The summed E-state index contributed by atoms with van der Waals surface area (Å²) in [4.78, 5) is 33.3. The van der Waals surface area contributed by atoms with Crippen LogP contribution in [0, 0.1) is 0 Å². The highest BCUT2D eigenvalue weighted by Gasteiger charge is 2.16. The number of nitrogens with zero attached hydrogens (tertiary/aromatic N) is 1. The van der Waals surface area contributed by atoms with E-state index in [0.29, 0.717) is 16.9 Å². The molecule has 124 valence electrons. The van der Waals surface area contributed by atoms with E-state index >= 15 is 0 Å². The number of primary sulfonamides is 1. The average molecular weight is 347 g/mol. The van der Waals surface area contributed by atoms with Gasteiger partial charge in [0, 0.05) is 11.9 Å². The summed E-state index contributed by atoms with van der Waals surface area (Å²) in [7, 11) is -3.67. The Kier molecular flexibility index (Phi) is 3.91. The molecule has 0 spiro atoms. The molecule has 0 saturated heterocycles. The van der Waals surface area contributed by atoms with E-state index in [9.17, 15) is 18.0 Å². The Labute approximate surface area is 136 Å². The fourth-order valence-corrected chi connectivity index (χ4v) is 2.96. The number of rotatable bonds is 4. The van der Waals surface area contributed by atoms with E-state index in [1.54, 1.807) is 18.2 Å². The van der Waals surface area contributed by atoms with Crippen molar-refractivity contribution in [1.29, 1.82) is 0 Å². The molecule has 0 aliphatic carbocycles. The summed E-state index contributed by atoms with van der Waals surface area (Å²) in [6, 6.07) is 6.28. The Bertz CT molecular complexity index is 1080. The Morgan fingerprint density at radius 2 is 2.08 bits per heavy atom. The highest BCUT2D eigenvalue weighted by molar-refractivity contribution is 7.88. The lowest BCUT2D eigenvalue weighted by molar-refractivity contribution is 0.102. The van der Waals surface area contributed by atoms with Gasteiger partial charge in [0.25, 0.3) is 11.5 Å². The number of nitrogens with two attached hydrogens (primary N) is 1. The largest absolute Gasteiger partial charge is 0.345 e. The van der Waals surface area contributed by atoms with Gasteiger partial charge in [-0.1, -0.05) is 12.1 Å². The van der Waals surface area contributed by atoms with Crippen LogP contribution in [0.1, 0.15) is 15.9 Å². The molecule has 0 saturated carbocycles. The molecule has 5 N–H and O–H groups in total. The molecular formula is C14H13N5O4S. The number of nitrogens with one attached hydrogen (secondary N) is 3. The number of sulfonamides is 1. The highest BCUT2D eigenvalue weighted by atomic mass is 32.2. The third kappa shape index (κ3) is 3.34. The summed E-state index contributed by atoms with van der Waals surface area (Å²) in [5.74, 6) is -0.861. The Morgan fingerprint density at radius 1 is 1.29 bits per heavy atom. The highest BCUT2D eigenvalue weighted by Crippen LogP contribution is 2.16. The predicted octanol–water partition coefficient (Wildman–Crippen LogP) is 0.292. The molecule has 0 aliphatic rings. The maximum atomic E-state index is 12.4. The third-order valence-corrected chi connectivity index (χ3v) is 4.01. The van der Waals surface area contributed by atoms with E-state index in [1.165, 1.54) is 18.6 Å². The lowest BCUT2D eigenvalue weighted by atomic mass is 10.2. The zero-order valence-corrected chi connectivity index (χ0v) is 13.1. The number of anilines is 1. The second-order valence-corrected chi connectivity index (χ2v) is 6.73. The number of carbonyl (C=O) groups excluding carboxylic acids is 1. The zero-order valence-electron chi connectivity index (χ0n) is 12.2. The average Bonchev–Trinajstić information content (AvgIpc) is 2.91. The van der Waals surface area contributed by atoms with E-state index in [1.807, 2.05) is 0 Å². The van der Waals surface area contributed by atoms with Gasteiger partial charge in [-0.2, -0.15) is 0 Å². The standard InChI is InChI=1S/C14H13N5O4S/c15-24(22,23)6-8-2-1-3-9(4-8)19-13(20)10-5-16-12-11(10)14(21)18-7-17-12/h1-5,7H,6H2,(H,19,20)(H2,15,22,23)(H2,16,17,18,21). The summed E-state index contributed by atoms with van der Waals surface area (Å²) in [5, 5.41) is 7.77. The zero-order chi connectivity index (χ0) is 17.3. The quantitative estimate of drug-likeness (QED) is 0.535. The molecular weight excluding hydrogens is 334 g/mol. The minimum atomic E-state index is -3.67. The van der Waals surface area contributed by atoms with Gasteiger partial charge in [-0.25, -0.2) is 18.5 Å². The second-order valence-electron chi connectivity index (χ2n) is 5.12. The molecule has 3 rings (SSSR count). The van der Waals surface area contributed by atoms with Crippen molar-refractivity contribution < 1.29 is 13.2 Å². The summed E-state index contributed by atoms with van der Waals surface area (Å²) >= 11 is 0. The Morgan fingerprint density at radius 3 is 2.83 bits per heavy atom. The van der Waals surface area contributed by atoms with Gasteiger partial charge in [-0.3, -0.25) is 9.59 Å². The molecule has 2 heterocycles. The van der Waals surface area contributed by atoms with Crippen molar-refractivity contribution in [3.63, 3.8) is 0 Å². The predicted molar refractivity (Wildman–Crippen MR) is 87.9 cm³/mol. The maximum Gasteiger partial charge on any atom is 0.261 e. The molecule has 0 unspecified atom stereocenters. The van der Waals surface area contributed by atoms with Gasteiger partial charge in [0.1, 0.15) is 5.65 Å². The van der Waals surface area contributed by atoms with Crippen molar-refractivity contribution >= 4 is 32.7 Å². The number of fused-ring (bicyclic) bond motifs is 1. The minimum absolute atomic E-state index is 0.135. The maximum absolute atomic E-state index is 12.4. The van der Waals surface area contributed by atoms with Crippen molar-refractivity contribution in [2.45, 2.75) is 5.75 Å². The fourth-order valence-electron chi connectivity index (χ4n) is 2.32. The van der Waals surface area contributed by atoms with Gasteiger partial charge < -0.3 is 15.3 Å². The van der Waals surface area contributed by atoms with Crippen molar-refractivity contribution in [1.82, 2.24) is 15.0 Å². The van der Waals surface area contributed by atoms with Crippen LogP contribution in [0.5, 0.6) is 0 Å². The number of hydrogen-bond acceptors (Lipinski definition) is 5. The lowest BCUT2D eigenvalue weighted by Crippen LogP contribution is -2.16. The second kappa shape index (κ2) is 5.91. The molecule has 9 nitrogen and oxygen atoms in total. The van der Waals surface area contributed by atoms with Crippen molar-refractivity contribution in [3.8, 4) is 0 Å². The number of hydrogen-bond donors (Lipinski definition) is 4. The van der Waals surface area contributed by atoms with Crippen LogP contribution in [0.15, 0.2) is 41.6 Å². The van der Waals surface area contributed by atoms with Crippen LogP contribution in [0.4, 0.5) is 5.69 Å². The number of benzene rings is 1. The summed E-state index contributed by atoms with van der Waals surface area (Å²) in [6.45, 7) is 0. The van der Waals surface area contributed by atoms with Gasteiger partial charge in [-0.05, 0) is 17.7 Å². The number of aromatic amines is 2. The third-order valence-electron chi connectivity index (χ3n) is 3.27. The van der Waals surface area contributed by atoms with E-state index in [0.717, 1.165) is 0 Å². The number of aromatic nitrogens is 3. The summed E-state index contributed by atoms with van der Waals surface area (Å²) in [5.41, 5.74) is 0.821. The molecule has 2 aromatic heterocycles. The van der Waals surface area contributed by atoms with Crippen molar-refractivity contribution in [3.05, 3.63) is 58.3 Å². The SMILES string of the molecule is NS(=O)(=O)Cc1cccc(NC(=O)c2c[nH]c3nc[nH]c(=O)c23)c1. The van der Waals surface area contributed by atoms with Gasteiger partial charge in [0.05, 0.1) is 23.0 Å². The van der Waals surface area contributed by atoms with E-state index in [-0.39, 0.29) is 16.7 Å². The molecule has 0 atom stereocenters. The molecule has 0 radical (unpaired) electrons. The summed E-state index contributed by atoms with van der Waals surface area (Å²) in [6.07, 6.45) is 2.62. The van der Waals surface area contributed by atoms with Crippen molar-refractivity contribution in [2.24, 2.45) is 5.14 Å². The first-order valence-corrected chi connectivity index (χ1v) is 8.50.